The third kappa shape index (κ3) is 3.15. The molecule has 8 heteroatoms. The Morgan fingerprint density at radius 1 is 1.19 bits per heavy atom. The largest absolute Gasteiger partial charge is 0.329 e. The topological polar surface area (TPSA) is 124 Å². The lowest BCUT2D eigenvalue weighted by molar-refractivity contribution is 0.0713. The molecule has 1 aliphatic rings. The average molecular weight is 407 g/mol. The molecule has 3 heterocycles. The van der Waals surface area contributed by atoms with Crippen molar-refractivity contribution in [3.63, 3.8) is 0 Å². The SMILES string of the molecule is N#CCC1(n2ncc(-c3cc(-c4cc[nH]c(=O)c4)cc4ncccc34)n2)CC(C#N)C1. The molecule has 31 heavy (non-hydrogen) atoms. The summed E-state index contributed by atoms with van der Waals surface area (Å²) >= 11 is 0. The molecule has 0 radical (unpaired) electrons. The highest BCUT2D eigenvalue weighted by molar-refractivity contribution is 5.97. The van der Waals surface area contributed by atoms with Crippen molar-refractivity contribution in [2.24, 2.45) is 5.92 Å². The predicted octanol–water partition coefficient (Wildman–Crippen LogP) is 3.39. The Hall–Kier alpha value is -4.30. The number of nitriles is 2. The van der Waals surface area contributed by atoms with Crippen molar-refractivity contribution in [2.75, 3.05) is 0 Å². The molecule has 3 aromatic heterocycles. The minimum absolute atomic E-state index is 0.0765. The van der Waals surface area contributed by atoms with Crippen LogP contribution in [0.1, 0.15) is 19.3 Å². The molecule has 8 nitrogen and oxygen atoms in total. The van der Waals surface area contributed by atoms with Gasteiger partial charge in [-0.15, -0.1) is 0 Å². The Balaban J connectivity index is 1.63. The molecule has 1 aromatic carbocycles. The van der Waals surface area contributed by atoms with E-state index in [1.54, 1.807) is 29.5 Å². The van der Waals surface area contributed by atoms with E-state index in [2.05, 4.69) is 27.2 Å². The molecular formula is C23H17N7O. The number of benzene rings is 1. The molecule has 1 saturated carbocycles. The van der Waals surface area contributed by atoms with Gasteiger partial charge in [-0.05, 0) is 48.2 Å². The maximum absolute atomic E-state index is 11.8. The van der Waals surface area contributed by atoms with Gasteiger partial charge >= 0.3 is 0 Å². The molecule has 5 rings (SSSR count). The summed E-state index contributed by atoms with van der Waals surface area (Å²) in [7, 11) is 0. The van der Waals surface area contributed by atoms with Crippen LogP contribution in [0.15, 0.2) is 59.8 Å². The lowest BCUT2D eigenvalue weighted by Gasteiger charge is -2.42. The van der Waals surface area contributed by atoms with E-state index in [9.17, 15) is 15.3 Å². The van der Waals surface area contributed by atoms with Crippen LogP contribution in [0.25, 0.3) is 33.3 Å². The quantitative estimate of drug-likeness (QED) is 0.553. The van der Waals surface area contributed by atoms with Crippen molar-refractivity contribution < 1.29 is 0 Å². The highest BCUT2D eigenvalue weighted by Gasteiger charge is 2.48. The van der Waals surface area contributed by atoms with Gasteiger partial charge in [0.15, 0.2) is 0 Å². The summed E-state index contributed by atoms with van der Waals surface area (Å²) in [5.41, 5.74) is 3.19. The van der Waals surface area contributed by atoms with E-state index in [-0.39, 0.29) is 17.9 Å². The van der Waals surface area contributed by atoms with Gasteiger partial charge in [-0.25, -0.2) is 0 Å². The summed E-state index contributed by atoms with van der Waals surface area (Å²) in [6.45, 7) is 0. The minimum atomic E-state index is -0.536. The van der Waals surface area contributed by atoms with Gasteiger partial charge in [0.2, 0.25) is 5.56 Å². The first-order valence-corrected chi connectivity index (χ1v) is 9.89. The number of rotatable bonds is 4. The normalized spacial score (nSPS) is 20.0. The van der Waals surface area contributed by atoms with Gasteiger partial charge in [-0.3, -0.25) is 9.78 Å². The monoisotopic (exact) mass is 407 g/mol. The molecule has 1 fully saturated rings. The molecule has 150 valence electrons. The van der Waals surface area contributed by atoms with Crippen molar-refractivity contribution >= 4 is 10.9 Å². The zero-order valence-electron chi connectivity index (χ0n) is 16.5. The number of pyridine rings is 2. The van der Waals surface area contributed by atoms with E-state index in [1.165, 1.54) is 0 Å². The fourth-order valence-corrected chi connectivity index (χ4v) is 4.27. The van der Waals surface area contributed by atoms with E-state index >= 15 is 0 Å². The van der Waals surface area contributed by atoms with E-state index < -0.39 is 5.54 Å². The molecule has 0 aliphatic heterocycles. The molecule has 0 amide bonds. The second-order valence-electron chi connectivity index (χ2n) is 7.85. The predicted molar refractivity (Wildman–Crippen MR) is 113 cm³/mol. The van der Waals surface area contributed by atoms with Crippen LogP contribution in [0.3, 0.4) is 0 Å². The van der Waals surface area contributed by atoms with Crippen LogP contribution in [0, 0.1) is 28.6 Å². The smallest absolute Gasteiger partial charge is 0.248 e. The first-order valence-electron chi connectivity index (χ1n) is 9.89. The van der Waals surface area contributed by atoms with Crippen molar-refractivity contribution in [1.29, 1.82) is 10.5 Å². The minimum Gasteiger partial charge on any atom is -0.329 e. The van der Waals surface area contributed by atoms with E-state index in [1.807, 2.05) is 30.3 Å². The lowest BCUT2D eigenvalue weighted by atomic mass is 9.68. The summed E-state index contributed by atoms with van der Waals surface area (Å²) in [6.07, 6.45) is 6.42. The summed E-state index contributed by atoms with van der Waals surface area (Å²) in [5, 5.41) is 28.6. The summed E-state index contributed by atoms with van der Waals surface area (Å²) in [4.78, 5) is 20.5. The first kappa shape index (κ1) is 18.7. The van der Waals surface area contributed by atoms with Crippen LogP contribution in [-0.2, 0) is 5.54 Å². The molecule has 0 atom stereocenters. The van der Waals surface area contributed by atoms with Crippen LogP contribution in [0.4, 0.5) is 0 Å². The first-order chi connectivity index (χ1) is 15.1. The fraction of sp³-hybridized carbons (Fsp3) is 0.217. The molecular weight excluding hydrogens is 390 g/mol. The standard InChI is InChI=1S/C23H17N7O/c24-5-4-23(11-15(12-23)13-25)30-28-14-21(29-30)19-8-17(16-3-7-27-22(31)10-16)9-20-18(19)2-1-6-26-20/h1-3,6-10,14-15H,4,11-12H2,(H,27,31). The Labute approximate surface area is 177 Å². The second kappa shape index (κ2) is 7.19. The third-order valence-corrected chi connectivity index (χ3v) is 5.86. The molecule has 1 N–H and O–H groups in total. The Morgan fingerprint density at radius 2 is 2.06 bits per heavy atom. The number of nitrogens with zero attached hydrogens (tertiary/aromatic N) is 6. The molecule has 0 spiro atoms. The Morgan fingerprint density at radius 3 is 2.84 bits per heavy atom. The Kier molecular flexibility index (Phi) is 4.34. The van der Waals surface area contributed by atoms with E-state index in [0.29, 0.717) is 18.5 Å². The van der Waals surface area contributed by atoms with Crippen LogP contribution >= 0.6 is 0 Å². The van der Waals surface area contributed by atoms with Gasteiger partial charge < -0.3 is 4.98 Å². The molecule has 0 unspecified atom stereocenters. The van der Waals surface area contributed by atoms with Crippen LogP contribution < -0.4 is 5.56 Å². The third-order valence-electron chi connectivity index (χ3n) is 5.86. The van der Waals surface area contributed by atoms with Gasteiger partial charge in [-0.2, -0.15) is 25.5 Å². The number of hydrogen-bond donors (Lipinski definition) is 1. The van der Waals surface area contributed by atoms with Gasteiger partial charge in [0.05, 0.1) is 41.7 Å². The van der Waals surface area contributed by atoms with Crippen molar-refractivity contribution in [1.82, 2.24) is 25.0 Å². The number of H-pyrrole nitrogens is 1. The van der Waals surface area contributed by atoms with Gasteiger partial charge in [0.1, 0.15) is 5.69 Å². The maximum Gasteiger partial charge on any atom is 0.248 e. The molecule has 0 bridgehead atoms. The maximum atomic E-state index is 11.8. The summed E-state index contributed by atoms with van der Waals surface area (Å²) in [5.74, 6) is -0.0765. The van der Waals surface area contributed by atoms with E-state index in [4.69, 9.17) is 5.10 Å². The van der Waals surface area contributed by atoms with Gasteiger partial charge in [0, 0.05) is 29.4 Å². The fourth-order valence-electron chi connectivity index (χ4n) is 4.27. The second-order valence-corrected chi connectivity index (χ2v) is 7.85. The Bertz CT molecular complexity index is 1430. The molecule has 4 aromatic rings. The van der Waals surface area contributed by atoms with Crippen molar-refractivity contribution in [2.45, 2.75) is 24.8 Å². The zero-order valence-corrected chi connectivity index (χ0v) is 16.5. The molecule has 0 saturated heterocycles. The number of fused-ring (bicyclic) bond motifs is 1. The summed E-state index contributed by atoms with van der Waals surface area (Å²) < 4.78 is 0. The zero-order chi connectivity index (χ0) is 21.4. The number of nitrogens with one attached hydrogen (secondary N) is 1. The summed E-state index contributed by atoms with van der Waals surface area (Å²) in [6, 6.07) is 15.6. The van der Waals surface area contributed by atoms with Gasteiger partial charge in [-0.1, -0.05) is 6.07 Å². The van der Waals surface area contributed by atoms with Crippen LogP contribution in [-0.4, -0.2) is 25.0 Å². The highest BCUT2D eigenvalue weighted by atomic mass is 16.1. The van der Waals surface area contributed by atoms with Crippen LogP contribution in [0.5, 0.6) is 0 Å². The number of aromatic amines is 1. The number of aromatic nitrogens is 5. The van der Waals surface area contributed by atoms with Gasteiger partial charge in [0.25, 0.3) is 0 Å². The van der Waals surface area contributed by atoms with Crippen molar-refractivity contribution in [3.8, 4) is 34.5 Å². The number of hydrogen-bond acceptors (Lipinski definition) is 6. The van der Waals surface area contributed by atoms with Crippen LogP contribution in [0.2, 0.25) is 0 Å². The highest BCUT2D eigenvalue weighted by Crippen LogP contribution is 2.45. The lowest BCUT2D eigenvalue weighted by Crippen LogP contribution is -2.47. The average Bonchev–Trinajstić information content (AvgIpc) is 3.25. The van der Waals surface area contributed by atoms with Crippen molar-refractivity contribution in [3.05, 3.63) is 65.3 Å². The molecule has 1 aliphatic carbocycles. The van der Waals surface area contributed by atoms with E-state index in [0.717, 1.165) is 27.6 Å².